The van der Waals surface area contributed by atoms with E-state index in [2.05, 4.69) is 113 Å². The first kappa shape index (κ1) is 29.0. The molecule has 0 saturated heterocycles. The maximum atomic E-state index is 6.55. The molecule has 0 amide bonds. The molecule has 0 aliphatic carbocycles. The van der Waals surface area contributed by atoms with Crippen molar-refractivity contribution in [1.82, 2.24) is 19.9 Å². The molecule has 5 heteroatoms. The van der Waals surface area contributed by atoms with Crippen LogP contribution in [0.15, 0.2) is 175 Å². The third kappa shape index (κ3) is 5.03. The van der Waals surface area contributed by atoms with Gasteiger partial charge in [0.25, 0.3) is 0 Å². The molecular formula is C46H28N4O. The molecule has 5 aromatic heterocycles. The number of aromatic nitrogens is 4. The van der Waals surface area contributed by atoms with E-state index in [4.69, 9.17) is 14.4 Å². The van der Waals surface area contributed by atoms with Crippen LogP contribution in [0, 0.1) is 0 Å². The van der Waals surface area contributed by atoms with Crippen molar-refractivity contribution in [2.75, 3.05) is 0 Å². The minimum Gasteiger partial charge on any atom is -0.455 e. The van der Waals surface area contributed by atoms with E-state index in [1.807, 2.05) is 42.5 Å². The van der Waals surface area contributed by atoms with Gasteiger partial charge in [0.05, 0.1) is 22.6 Å². The first-order chi connectivity index (χ1) is 25.3. The Bertz CT molecular complexity index is 2860. The van der Waals surface area contributed by atoms with Crippen molar-refractivity contribution in [2.24, 2.45) is 0 Å². The third-order valence-electron chi connectivity index (χ3n) is 9.65. The molecule has 0 bridgehead atoms. The summed E-state index contributed by atoms with van der Waals surface area (Å²) in [5, 5.41) is 5.47. The van der Waals surface area contributed by atoms with Gasteiger partial charge in [0.15, 0.2) is 0 Å². The van der Waals surface area contributed by atoms with Crippen LogP contribution in [0.25, 0.3) is 99.6 Å². The van der Waals surface area contributed by atoms with Crippen molar-refractivity contribution in [3.63, 3.8) is 0 Å². The first-order valence-corrected chi connectivity index (χ1v) is 16.9. The smallest absolute Gasteiger partial charge is 0.144 e. The summed E-state index contributed by atoms with van der Waals surface area (Å²) >= 11 is 0. The van der Waals surface area contributed by atoms with Crippen LogP contribution in [0.1, 0.15) is 0 Å². The van der Waals surface area contributed by atoms with Gasteiger partial charge in [-0.1, -0.05) is 78.9 Å². The summed E-state index contributed by atoms with van der Waals surface area (Å²) in [6, 6.07) is 50.6. The molecule has 5 nitrogen and oxygen atoms in total. The fourth-order valence-electron chi connectivity index (χ4n) is 7.20. The van der Waals surface area contributed by atoms with E-state index in [0.717, 1.165) is 99.6 Å². The van der Waals surface area contributed by atoms with Crippen LogP contribution in [0.3, 0.4) is 0 Å². The number of furan rings is 1. The Balaban J connectivity index is 1.12. The second kappa shape index (κ2) is 11.9. The van der Waals surface area contributed by atoms with Crippen LogP contribution in [-0.4, -0.2) is 19.9 Å². The van der Waals surface area contributed by atoms with Gasteiger partial charge in [0.2, 0.25) is 0 Å². The van der Waals surface area contributed by atoms with Crippen molar-refractivity contribution in [3.8, 4) is 56.0 Å². The number of benzene rings is 5. The molecular weight excluding hydrogens is 625 g/mol. The predicted octanol–water partition coefficient (Wildman–Crippen LogP) is 11.8. The maximum Gasteiger partial charge on any atom is 0.144 e. The molecule has 0 unspecified atom stereocenters. The van der Waals surface area contributed by atoms with Crippen LogP contribution in [0.2, 0.25) is 0 Å². The van der Waals surface area contributed by atoms with Crippen LogP contribution in [0.4, 0.5) is 0 Å². The number of fused-ring (bicyclic) bond motifs is 7. The van der Waals surface area contributed by atoms with Crippen LogP contribution < -0.4 is 0 Å². The van der Waals surface area contributed by atoms with E-state index in [9.17, 15) is 0 Å². The van der Waals surface area contributed by atoms with Crippen LogP contribution in [0.5, 0.6) is 0 Å². The molecule has 0 aliphatic heterocycles. The lowest BCUT2D eigenvalue weighted by atomic mass is 9.94. The molecule has 51 heavy (non-hydrogen) atoms. The fourth-order valence-corrected chi connectivity index (χ4v) is 7.20. The molecule has 238 valence electrons. The zero-order valence-corrected chi connectivity index (χ0v) is 27.4. The van der Waals surface area contributed by atoms with Gasteiger partial charge in [-0.05, 0) is 89.0 Å². The molecule has 10 rings (SSSR count). The monoisotopic (exact) mass is 652 g/mol. The zero-order valence-electron chi connectivity index (χ0n) is 27.4. The minimum atomic E-state index is 0.888. The van der Waals surface area contributed by atoms with Gasteiger partial charge in [0, 0.05) is 68.4 Å². The highest BCUT2D eigenvalue weighted by atomic mass is 16.3. The Morgan fingerprint density at radius 3 is 1.65 bits per heavy atom. The average Bonchev–Trinajstić information content (AvgIpc) is 3.60. The molecule has 5 heterocycles. The predicted molar refractivity (Wildman–Crippen MR) is 207 cm³/mol. The van der Waals surface area contributed by atoms with Gasteiger partial charge in [-0.25, -0.2) is 9.97 Å². The van der Waals surface area contributed by atoms with E-state index >= 15 is 0 Å². The Morgan fingerprint density at radius 2 is 0.941 bits per heavy atom. The number of rotatable bonds is 5. The van der Waals surface area contributed by atoms with Crippen molar-refractivity contribution < 1.29 is 4.42 Å². The summed E-state index contributed by atoms with van der Waals surface area (Å²) in [4.78, 5) is 18.7. The molecule has 10 aromatic rings. The van der Waals surface area contributed by atoms with Gasteiger partial charge < -0.3 is 4.42 Å². The van der Waals surface area contributed by atoms with Crippen molar-refractivity contribution in [1.29, 1.82) is 0 Å². The lowest BCUT2D eigenvalue weighted by Crippen LogP contribution is -1.92. The average molecular weight is 653 g/mol. The number of nitrogens with zero attached hydrogens (tertiary/aromatic N) is 4. The number of para-hydroxylation sites is 2. The second-order valence-electron chi connectivity index (χ2n) is 12.7. The molecule has 0 atom stereocenters. The van der Waals surface area contributed by atoms with E-state index in [0.29, 0.717) is 0 Å². The highest BCUT2D eigenvalue weighted by Gasteiger charge is 2.18. The van der Waals surface area contributed by atoms with Crippen LogP contribution in [-0.2, 0) is 0 Å². The normalized spacial score (nSPS) is 11.5. The Labute approximate surface area is 293 Å². The maximum absolute atomic E-state index is 6.55. The molecule has 0 radical (unpaired) electrons. The Morgan fingerprint density at radius 1 is 0.373 bits per heavy atom. The minimum absolute atomic E-state index is 0.888. The van der Waals surface area contributed by atoms with Gasteiger partial charge >= 0.3 is 0 Å². The lowest BCUT2D eigenvalue weighted by molar-refractivity contribution is 0.673. The van der Waals surface area contributed by atoms with E-state index < -0.39 is 0 Å². The molecule has 0 aliphatic rings. The van der Waals surface area contributed by atoms with E-state index in [1.54, 1.807) is 24.8 Å². The largest absolute Gasteiger partial charge is 0.455 e. The number of hydrogen-bond donors (Lipinski definition) is 0. The molecule has 5 aromatic carbocycles. The van der Waals surface area contributed by atoms with E-state index in [1.165, 1.54) is 0 Å². The van der Waals surface area contributed by atoms with Gasteiger partial charge in [-0.15, -0.1) is 0 Å². The standard InChI is InChI=1S/C46H28N4O/c1-3-13-40-38(12-1)44-39(16-15-37-36-11-2-4-14-43(36)51-46(37)44)45(50-40)34-10-6-8-32(26-34)31-7-5-9-33(25-31)35-27-41(29-17-21-47-22-18-29)49-42(28-35)30-19-23-48-24-20-30/h1-28H. The quantitative estimate of drug-likeness (QED) is 0.173. The second-order valence-corrected chi connectivity index (χ2v) is 12.7. The summed E-state index contributed by atoms with van der Waals surface area (Å²) in [5.74, 6) is 0. The van der Waals surface area contributed by atoms with E-state index in [-0.39, 0.29) is 0 Å². The number of hydrogen-bond acceptors (Lipinski definition) is 5. The van der Waals surface area contributed by atoms with Gasteiger partial charge in [0.1, 0.15) is 11.2 Å². The molecule has 0 saturated carbocycles. The zero-order chi connectivity index (χ0) is 33.7. The fraction of sp³-hybridized carbons (Fsp3) is 0. The summed E-state index contributed by atoms with van der Waals surface area (Å²) in [6.07, 6.45) is 7.21. The van der Waals surface area contributed by atoms with Gasteiger partial charge in [-0.2, -0.15) is 0 Å². The highest BCUT2D eigenvalue weighted by Crippen LogP contribution is 2.41. The molecule has 0 fully saturated rings. The van der Waals surface area contributed by atoms with Crippen LogP contribution >= 0.6 is 0 Å². The summed E-state index contributed by atoms with van der Waals surface area (Å²) in [7, 11) is 0. The van der Waals surface area contributed by atoms with Crippen molar-refractivity contribution >= 4 is 43.6 Å². The Hall–Kier alpha value is -6.98. The molecule has 0 N–H and O–H groups in total. The molecule has 0 spiro atoms. The summed E-state index contributed by atoms with van der Waals surface area (Å²) in [6.45, 7) is 0. The Kier molecular flexibility index (Phi) is 6.74. The lowest BCUT2D eigenvalue weighted by Gasteiger charge is -2.13. The highest BCUT2D eigenvalue weighted by molar-refractivity contribution is 6.24. The first-order valence-electron chi connectivity index (χ1n) is 16.9. The number of pyridine rings is 4. The SMILES string of the molecule is c1cc(-c2cccc(-c3nc4ccccc4c4c3ccc3c5ccccc5oc34)c2)cc(-c2cc(-c3ccncc3)nc(-c3ccncc3)c2)c1. The summed E-state index contributed by atoms with van der Waals surface area (Å²) in [5.41, 5.74) is 12.9. The van der Waals surface area contributed by atoms with Gasteiger partial charge in [-0.3, -0.25) is 9.97 Å². The van der Waals surface area contributed by atoms with Crippen molar-refractivity contribution in [3.05, 3.63) is 170 Å². The third-order valence-corrected chi connectivity index (χ3v) is 9.65. The topological polar surface area (TPSA) is 64.7 Å². The summed E-state index contributed by atoms with van der Waals surface area (Å²) < 4.78 is 6.55. The van der Waals surface area contributed by atoms with Crippen molar-refractivity contribution in [2.45, 2.75) is 0 Å².